The molecule has 0 radical (unpaired) electrons. The number of H-pyrrole nitrogens is 1. The molecule has 1 heterocycles. The molecule has 0 fully saturated rings. The first kappa shape index (κ1) is 6.80. The van der Waals surface area contributed by atoms with Crippen LogP contribution in [-0.2, 0) is 0 Å². The van der Waals surface area contributed by atoms with Gasteiger partial charge in [0.25, 0.3) is 0 Å². The summed E-state index contributed by atoms with van der Waals surface area (Å²) in [7, 11) is 1.55. The van der Waals surface area contributed by atoms with E-state index in [1.54, 1.807) is 7.05 Å². The fourth-order valence-electron chi connectivity index (χ4n) is 0.646. The van der Waals surface area contributed by atoms with Crippen molar-refractivity contribution in [1.82, 2.24) is 4.98 Å². The Bertz CT molecular complexity index is 281. The summed E-state index contributed by atoms with van der Waals surface area (Å²) in [6.45, 7) is 0. The molecule has 4 heteroatoms. The normalized spacial score (nSPS) is 9.40. The van der Waals surface area contributed by atoms with E-state index in [9.17, 15) is 9.18 Å². The lowest BCUT2D eigenvalue weighted by Gasteiger charge is -1.97. The first-order chi connectivity index (χ1) is 4.74. The third-order valence-corrected chi connectivity index (χ3v) is 1.14. The Labute approximate surface area is 56.9 Å². The van der Waals surface area contributed by atoms with E-state index in [2.05, 4.69) is 10.3 Å². The fourth-order valence-corrected chi connectivity index (χ4v) is 0.646. The molecule has 0 spiro atoms. The third kappa shape index (κ3) is 1.15. The van der Waals surface area contributed by atoms with Crippen molar-refractivity contribution >= 4 is 5.69 Å². The fraction of sp³-hybridized carbons (Fsp3) is 0.167. The maximum Gasteiger partial charge on any atom is 0.250 e. The molecule has 0 aliphatic rings. The Hall–Kier alpha value is -1.32. The minimum Gasteiger partial charge on any atom is -0.386 e. The zero-order chi connectivity index (χ0) is 7.56. The van der Waals surface area contributed by atoms with Crippen LogP contribution in [0.2, 0.25) is 0 Å². The largest absolute Gasteiger partial charge is 0.386 e. The van der Waals surface area contributed by atoms with Gasteiger partial charge in [0.05, 0.1) is 5.69 Å². The Balaban J connectivity index is 3.22. The van der Waals surface area contributed by atoms with Crippen molar-refractivity contribution < 1.29 is 4.39 Å². The van der Waals surface area contributed by atoms with E-state index in [-0.39, 0.29) is 11.2 Å². The molecule has 54 valence electrons. The molecule has 2 N–H and O–H groups in total. The molecular formula is C6H7FN2O. The van der Waals surface area contributed by atoms with Crippen molar-refractivity contribution in [1.29, 1.82) is 0 Å². The zero-order valence-electron chi connectivity index (χ0n) is 5.44. The molecule has 0 amide bonds. The average molecular weight is 142 g/mol. The molecule has 10 heavy (non-hydrogen) atoms. The number of aromatic amines is 1. The van der Waals surface area contributed by atoms with E-state index in [1.165, 1.54) is 0 Å². The van der Waals surface area contributed by atoms with Crippen molar-refractivity contribution in [2.75, 3.05) is 12.4 Å². The highest BCUT2D eigenvalue weighted by molar-refractivity contribution is 5.41. The van der Waals surface area contributed by atoms with Crippen LogP contribution in [-0.4, -0.2) is 12.0 Å². The highest BCUT2D eigenvalue weighted by Crippen LogP contribution is 2.05. The van der Waals surface area contributed by atoms with Gasteiger partial charge < -0.3 is 10.3 Å². The molecule has 0 aromatic carbocycles. The minimum absolute atomic E-state index is 0.212. The van der Waals surface area contributed by atoms with Crippen LogP contribution in [0.4, 0.5) is 10.1 Å². The molecule has 0 aliphatic heterocycles. The Morgan fingerprint density at radius 2 is 2.40 bits per heavy atom. The van der Waals surface area contributed by atoms with Gasteiger partial charge in [0.2, 0.25) is 5.56 Å². The van der Waals surface area contributed by atoms with Crippen molar-refractivity contribution in [3.05, 3.63) is 28.4 Å². The summed E-state index contributed by atoms with van der Waals surface area (Å²) in [5, 5.41) is 2.54. The lowest BCUT2D eigenvalue weighted by Crippen LogP contribution is -2.06. The van der Waals surface area contributed by atoms with Gasteiger partial charge in [-0.2, -0.15) is 0 Å². The number of halogens is 1. The number of rotatable bonds is 1. The molecule has 0 saturated carbocycles. The maximum atomic E-state index is 12.5. The van der Waals surface area contributed by atoms with Crippen LogP contribution in [0.5, 0.6) is 0 Å². The molecular weight excluding hydrogens is 135 g/mol. The van der Waals surface area contributed by atoms with Crippen LogP contribution in [0.25, 0.3) is 0 Å². The van der Waals surface area contributed by atoms with E-state index in [1.807, 2.05) is 0 Å². The third-order valence-electron chi connectivity index (χ3n) is 1.14. The second-order valence-electron chi connectivity index (χ2n) is 1.81. The van der Waals surface area contributed by atoms with Crippen molar-refractivity contribution in [3.8, 4) is 0 Å². The van der Waals surface area contributed by atoms with Crippen molar-refractivity contribution in [2.24, 2.45) is 0 Å². The van der Waals surface area contributed by atoms with Crippen LogP contribution in [0.15, 0.2) is 17.1 Å². The van der Waals surface area contributed by atoms with Crippen LogP contribution in [0.1, 0.15) is 0 Å². The maximum absolute atomic E-state index is 12.5. The number of hydrogen-bond acceptors (Lipinski definition) is 2. The topological polar surface area (TPSA) is 44.9 Å². The molecule has 1 aromatic heterocycles. The molecule has 3 nitrogen and oxygen atoms in total. The zero-order valence-corrected chi connectivity index (χ0v) is 5.44. The van der Waals surface area contributed by atoms with Gasteiger partial charge in [0.1, 0.15) is 0 Å². The van der Waals surface area contributed by atoms with E-state index >= 15 is 0 Å². The van der Waals surface area contributed by atoms with Gasteiger partial charge >= 0.3 is 0 Å². The lowest BCUT2D eigenvalue weighted by molar-refractivity contribution is 0.624. The van der Waals surface area contributed by atoms with Gasteiger partial charge in [-0.3, -0.25) is 4.79 Å². The Morgan fingerprint density at radius 1 is 1.70 bits per heavy atom. The van der Waals surface area contributed by atoms with E-state index in [0.717, 1.165) is 12.3 Å². The summed E-state index contributed by atoms with van der Waals surface area (Å²) in [6, 6.07) is 1.16. The molecule has 0 atom stereocenters. The summed E-state index contributed by atoms with van der Waals surface area (Å²) < 4.78 is 12.5. The average Bonchev–Trinajstić information content (AvgIpc) is 1.94. The number of anilines is 1. The number of pyridine rings is 1. The van der Waals surface area contributed by atoms with Gasteiger partial charge in [0.15, 0.2) is 5.82 Å². The second-order valence-corrected chi connectivity index (χ2v) is 1.81. The molecule has 1 aromatic rings. The molecule has 0 saturated heterocycles. The standard InChI is InChI=1S/C6H7FN2O/c1-8-5-2-6(10)9-3-4(5)7/h2-3H,1H3,(H2,8,9,10). The smallest absolute Gasteiger partial charge is 0.250 e. The number of aromatic nitrogens is 1. The summed E-state index contributed by atoms with van der Waals surface area (Å²) in [4.78, 5) is 12.7. The summed E-state index contributed by atoms with van der Waals surface area (Å²) in [5.74, 6) is -0.456. The van der Waals surface area contributed by atoms with Crippen LogP contribution >= 0.6 is 0 Å². The van der Waals surface area contributed by atoms with Crippen molar-refractivity contribution in [2.45, 2.75) is 0 Å². The van der Waals surface area contributed by atoms with Gasteiger partial charge in [-0.05, 0) is 0 Å². The molecule has 1 rings (SSSR count). The van der Waals surface area contributed by atoms with Crippen LogP contribution < -0.4 is 10.9 Å². The SMILES string of the molecule is CNc1cc(=O)[nH]cc1F. The highest BCUT2D eigenvalue weighted by Gasteiger charge is 1.97. The predicted octanol–water partition coefficient (Wildman–Crippen LogP) is 0.556. The molecule has 0 bridgehead atoms. The van der Waals surface area contributed by atoms with E-state index in [0.29, 0.717) is 0 Å². The van der Waals surface area contributed by atoms with Crippen molar-refractivity contribution in [3.63, 3.8) is 0 Å². The first-order valence-corrected chi connectivity index (χ1v) is 2.80. The lowest BCUT2D eigenvalue weighted by atomic mass is 10.4. The molecule has 0 unspecified atom stereocenters. The van der Waals surface area contributed by atoms with Gasteiger partial charge in [0, 0.05) is 19.3 Å². The summed E-state index contributed by atoms with van der Waals surface area (Å²) >= 11 is 0. The van der Waals surface area contributed by atoms with Crippen LogP contribution in [0, 0.1) is 5.82 Å². The van der Waals surface area contributed by atoms with Gasteiger partial charge in [-0.25, -0.2) is 4.39 Å². The number of hydrogen-bond donors (Lipinski definition) is 2. The van der Waals surface area contributed by atoms with Crippen LogP contribution in [0.3, 0.4) is 0 Å². The van der Waals surface area contributed by atoms with E-state index < -0.39 is 5.82 Å². The van der Waals surface area contributed by atoms with Gasteiger partial charge in [-0.15, -0.1) is 0 Å². The second kappa shape index (κ2) is 2.51. The summed E-state index contributed by atoms with van der Waals surface area (Å²) in [6.07, 6.45) is 1.02. The first-order valence-electron chi connectivity index (χ1n) is 2.80. The number of nitrogens with one attached hydrogen (secondary N) is 2. The van der Waals surface area contributed by atoms with E-state index in [4.69, 9.17) is 0 Å². The Morgan fingerprint density at radius 3 is 2.90 bits per heavy atom. The highest BCUT2D eigenvalue weighted by atomic mass is 19.1. The minimum atomic E-state index is -0.456. The molecule has 0 aliphatic carbocycles. The van der Waals surface area contributed by atoms with Gasteiger partial charge in [-0.1, -0.05) is 0 Å². The quantitative estimate of drug-likeness (QED) is 0.601. The monoisotopic (exact) mass is 142 g/mol. The summed E-state index contributed by atoms with van der Waals surface area (Å²) in [5.41, 5.74) is -0.102. The Kier molecular flexibility index (Phi) is 1.71. The predicted molar refractivity (Wildman–Crippen MR) is 36.6 cm³/mol.